The quantitative estimate of drug-likeness (QED) is 0.457. The lowest BCUT2D eigenvalue weighted by molar-refractivity contribution is 0.793. The SMILES string of the molecule is Cn1c(SCCCCl)nnc1-c1cc(Cl)ccc1Cl. The van der Waals surface area contributed by atoms with Crippen LogP contribution in [0.4, 0.5) is 0 Å². The van der Waals surface area contributed by atoms with Crippen molar-refractivity contribution in [2.24, 2.45) is 7.05 Å². The van der Waals surface area contributed by atoms with Crippen molar-refractivity contribution in [1.82, 2.24) is 14.8 Å². The van der Waals surface area contributed by atoms with Gasteiger partial charge in [-0.3, -0.25) is 0 Å². The molecule has 0 aliphatic heterocycles. The first kappa shape index (κ1) is 15.0. The standard InChI is InChI=1S/C12H12Cl3N3S/c1-18-11(9-7-8(14)3-4-10(9)15)16-17-12(18)19-6-2-5-13/h3-4,7H,2,5-6H2,1H3. The highest BCUT2D eigenvalue weighted by Crippen LogP contribution is 2.30. The highest BCUT2D eigenvalue weighted by molar-refractivity contribution is 7.99. The Bertz CT molecular complexity index is 571. The lowest BCUT2D eigenvalue weighted by Crippen LogP contribution is -1.96. The van der Waals surface area contributed by atoms with E-state index in [0.29, 0.717) is 21.7 Å². The highest BCUT2D eigenvalue weighted by atomic mass is 35.5. The maximum atomic E-state index is 6.17. The number of rotatable bonds is 5. The van der Waals surface area contributed by atoms with Gasteiger partial charge in [-0.2, -0.15) is 0 Å². The van der Waals surface area contributed by atoms with Gasteiger partial charge in [-0.15, -0.1) is 21.8 Å². The van der Waals surface area contributed by atoms with Gasteiger partial charge in [0.05, 0.1) is 5.02 Å². The van der Waals surface area contributed by atoms with Crippen molar-refractivity contribution >= 4 is 46.6 Å². The molecule has 19 heavy (non-hydrogen) atoms. The second-order valence-electron chi connectivity index (χ2n) is 3.88. The molecule has 2 aromatic rings. The van der Waals surface area contributed by atoms with Gasteiger partial charge in [-0.05, 0) is 24.6 Å². The molecule has 0 saturated heterocycles. The van der Waals surface area contributed by atoms with Crippen molar-refractivity contribution in [2.75, 3.05) is 11.6 Å². The molecule has 0 atom stereocenters. The van der Waals surface area contributed by atoms with Crippen LogP contribution in [0.1, 0.15) is 6.42 Å². The number of hydrogen-bond donors (Lipinski definition) is 0. The molecule has 102 valence electrons. The van der Waals surface area contributed by atoms with Gasteiger partial charge in [0.2, 0.25) is 0 Å². The molecule has 0 N–H and O–H groups in total. The Morgan fingerprint density at radius 3 is 2.79 bits per heavy atom. The Morgan fingerprint density at radius 1 is 1.26 bits per heavy atom. The smallest absolute Gasteiger partial charge is 0.191 e. The third-order valence-electron chi connectivity index (χ3n) is 2.51. The van der Waals surface area contributed by atoms with Crippen LogP contribution in [0.25, 0.3) is 11.4 Å². The minimum Gasteiger partial charge on any atom is -0.305 e. The number of thioether (sulfide) groups is 1. The van der Waals surface area contributed by atoms with Crippen LogP contribution in [0.3, 0.4) is 0 Å². The molecule has 0 fully saturated rings. The van der Waals surface area contributed by atoms with E-state index in [9.17, 15) is 0 Å². The number of hydrogen-bond acceptors (Lipinski definition) is 3. The van der Waals surface area contributed by atoms with E-state index >= 15 is 0 Å². The van der Waals surface area contributed by atoms with Gasteiger partial charge in [0, 0.05) is 29.3 Å². The largest absolute Gasteiger partial charge is 0.305 e. The number of aromatic nitrogens is 3. The molecule has 2 rings (SSSR count). The fourth-order valence-corrected chi connectivity index (χ4v) is 3.08. The summed E-state index contributed by atoms with van der Waals surface area (Å²) in [6, 6.07) is 5.30. The second kappa shape index (κ2) is 6.84. The lowest BCUT2D eigenvalue weighted by Gasteiger charge is -2.05. The summed E-state index contributed by atoms with van der Waals surface area (Å²) in [6.45, 7) is 0. The molecule has 0 spiro atoms. The fraction of sp³-hybridized carbons (Fsp3) is 0.333. The summed E-state index contributed by atoms with van der Waals surface area (Å²) in [5.74, 6) is 2.28. The first-order valence-electron chi connectivity index (χ1n) is 5.67. The number of alkyl halides is 1. The van der Waals surface area contributed by atoms with Crippen LogP contribution < -0.4 is 0 Å². The fourth-order valence-electron chi connectivity index (χ4n) is 1.56. The van der Waals surface area contributed by atoms with Gasteiger partial charge in [0.15, 0.2) is 11.0 Å². The molecule has 0 unspecified atom stereocenters. The number of halogens is 3. The average Bonchev–Trinajstić information content (AvgIpc) is 2.75. The minimum atomic E-state index is 0.609. The highest BCUT2D eigenvalue weighted by Gasteiger charge is 2.14. The van der Waals surface area contributed by atoms with Gasteiger partial charge in [-0.1, -0.05) is 35.0 Å². The predicted octanol–water partition coefficient (Wildman–Crippen LogP) is 4.51. The molecule has 1 aromatic carbocycles. The van der Waals surface area contributed by atoms with E-state index in [0.717, 1.165) is 22.9 Å². The Hall–Kier alpha value is -0.420. The molecule has 0 aliphatic carbocycles. The van der Waals surface area contributed by atoms with Crippen LogP contribution in [-0.2, 0) is 7.05 Å². The molecule has 0 aliphatic rings. The molecular weight excluding hydrogens is 325 g/mol. The average molecular weight is 337 g/mol. The molecule has 0 bridgehead atoms. The third kappa shape index (κ3) is 3.57. The lowest BCUT2D eigenvalue weighted by atomic mass is 10.2. The Morgan fingerprint density at radius 2 is 2.05 bits per heavy atom. The van der Waals surface area contributed by atoms with Gasteiger partial charge < -0.3 is 4.57 Å². The molecule has 1 heterocycles. The summed E-state index contributed by atoms with van der Waals surface area (Å²) in [6.07, 6.45) is 0.937. The summed E-state index contributed by atoms with van der Waals surface area (Å²) < 4.78 is 1.91. The monoisotopic (exact) mass is 335 g/mol. The zero-order valence-corrected chi connectivity index (χ0v) is 13.3. The van der Waals surface area contributed by atoms with E-state index in [-0.39, 0.29) is 0 Å². The first-order valence-corrected chi connectivity index (χ1v) is 7.94. The van der Waals surface area contributed by atoms with E-state index in [4.69, 9.17) is 34.8 Å². The zero-order chi connectivity index (χ0) is 13.8. The zero-order valence-electron chi connectivity index (χ0n) is 10.2. The number of nitrogens with zero attached hydrogens (tertiary/aromatic N) is 3. The molecule has 1 aromatic heterocycles. The molecule has 0 amide bonds. The first-order chi connectivity index (χ1) is 9.13. The van der Waals surface area contributed by atoms with Crippen LogP contribution in [-0.4, -0.2) is 26.4 Å². The molecule has 0 saturated carbocycles. The normalized spacial score (nSPS) is 10.9. The van der Waals surface area contributed by atoms with E-state index in [1.54, 1.807) is 30.0 Å². The van der Waals surface area contributed by atoms with Gasteiger partial charge >= 0.3 is 0 Å². The van der Waals surface area contributed by atoms with Crippen molar-refractivity contribution < 1.29 is 0 Å². The summed E-state index contributed by atoms with van der Waals surface area (Å²) in [5.41, 5.74) is 0.786. The van der Waals surface area contributed by atoms with E-state index in [1.807, 2.05) is 11.6 Å². The van der Waals surface area contributed by atoms with Crippen molar-refractivity contribution in [3.05, 3.63) is 28.2 Å². The summed E-state index contributed by atoms with van der Waals surface area (Å²) in [4.78, 5) is 0. The van der Waals surface area contributed by atoms with E-state index in [2.05, 4.69) is 10.2 Å². The van der Waals surface area contributed by atoms with Crippen LogP contribution in [0.15, 0.2) is 23.4 Å². The predicted molar refractivity (Wildman–Crippen MR) is 82.5 cm³/mol. The second-order valence-corrected chi connectivity index (χ2v) is 6.16. The molecule has 3 nitrogen and oxygen atoms in total. The van der Waals surface area contributed by atoms with Gasteiger partial charge in [0.1, 0.15) is 0 Å². The molecule has 0 radical (unpaired) electrons. The molecular formula is C12H12Cl3N3S. The Kier molecular flexibility index (Phi) is 5.39. The van der Waals surface area contributed by atoms with E-state index in [1.165, 1.54) is 0 Å². The van der Waals surface area contributed by atoms with Crippen molar-refractivity contribution in [1.29, 1.82) is 0 Å². The number of benzene rings is 1. The van der Waals surface area contributed by atoms with Crippen LogP contribution in [0.2, 0.25) is 10.0 Å². The van der Waals surface area contributed by atoms with Gasteiger partial charge in [-0.25, -0.2) is 0 Å². The summed E-state index contributed by atoms with van der Waals surface area (Å²) in [5, 5.41) is 10.4. The Balaban J connectivity index is 2.28. The van der Waals surface area contributed by atoms with Crippen molar-refractivity contribution in [3.8, 4) is 11.4 Å². The van der Waals surface area contributed by atoms with Gasteiger partial charge in [0.25, 0.3) is 0 Å². The topological polar surface area (TPSA) is 30.7 Å². The van der Waals surface area contributed by atoms with Crippen LogP contribution in [0, 0.1) is 0 Å². The maximum absolute atomic E-state index is 6.17. The molecule has 7 heteroatoms. The van der Waals surface area contributed by atoms with Crippen LogP contribution in [0.5, 0.6) is 0 Å². The van der Waals surface area contributed by atoms with Crippen LogP contribution >= 0.6 is 46.6 Å². The van der Waals surface area contributed by atoms with Crippen molar-refractivity contribution in [3.63, 3.8) is 0 Å². The minimum absolute atomic E-state index is 0.609. The summed E-state index contributed by atoms with van der Waals surface area (Å²) in [7, 11) is 1.91. The summed E-state index contributed by atoms with van der Waals surface area (Å²) >= 11 is 19.5. The maximum Gasteiger partial charge on any atom is 0.191 e. The third-order valence-corrected chi connectivity index (χ3v) is 4.45. The van der Waals surface area contributed by atoms with Crippen molar-refractivity contribution in [2.45, 2.75) is 11.6 Å². The Labute approximate surface area is 131 Å². The van der Waals surface area contributed by atoms with E-state index < -0.39 is 0 Å².